The molecule has 0 spiro atoms. The number of rotatable bonds is 16. The Morgan fingerprint density at radius 2 is 2.00 bits per heavy atom. The van der Waals surface area contributed by atoms with Gasteiger partial charge in [-0.2, -0.15) is 5.11 Å². The SMILES string of the molecule is C=CCc1c(OCCCCCNC(=O)c2ccc(N=NCc3ccccc3SOOO)nc2)ccc2c1CCCC2=O. The number of nitrogens with zero attached hydrogens (tertiary/aromatic N) is 3. The van der Waals surface area contributed by atoms with Gasteiger partial charge in [0.25, 0.3) is 5.91 Å². The summed E-state index contributed by atoms with van der Waals surface area (Å²) in [6.45, 7) is 5.26. The van der Waals surface area contributed by atoms with Crippen molar-refractivity contribution in [2.24, 2.45) is 10.2 Å². The van der Waals surface area contributed by atoms with E-state index in [2.05, 4.69) is 36.5 Å². The number of hydrogen-bond acceptors (Lipinski definition) is 10. The first-order valence-corrected chi connectivity index (χ1v) is 14.6. The van der Waals surface area contributed by atoms with Crippen molar-refractivity contribution >= 4 is 29.6 Å². The van der Waals surface area contributed by atoms with Gasteiger partial charge < -0.3 is 10.1 Å². The largest absolute Gasteiger partial charge is 0.493 e. The quantitative estimate of drug-likeness (QED) is 0.0454. The zero-order chi connectivity index (χ0) is 29.6. The maximum absolute atomic E-state index is 12.5. The molecule has 42 heavy (non-hydrogen) atoms. The number of benzene rings is 2. The molecule has 0 saturated heterocycles. The number of carbonyl (C=O) groups is 2. The number of hydrogen-bond donors (Lipinski definition) is 2. The number of ketones is 1. The highest BCUT2D eigenvalue weighted by Gasteiger charge is 2.22. The maximum Gasteiger partial charge on any atom is 0.252 e. The molecule has 220 valence electrons. The summed E-state index contributed by atoms with van der Waals surface area (Å²) in [4.78, 5) is 29.7. The lowest BCUT2D eigenvalue weighted by molar-refractivity contribution is -0.432. The van der Waals surface area contributed by atoms with E-state index in [4.69, 9.17) is 9.99 Å². The van der Waals surface area contributed by atoms with Gasteiger partial charge in [-0.25, -0.2) is 10.2 Å². The molecule has 1 heterocycles. The Labute approximate surface area is 249 Å². The van der Waals surface area contributed by atoms with Gasteiger partial charge in [0, 0.05) is 35.2 Å². The van der Waals surface area contributed by atoms with Crippen LogP contribution in [0.5, 0.6) is 5.75 Å². The Morgan fingerprint density at radius 1 is 1.12 bits per heavy atom. The van der Waals surface area contributed by atoms with E-state index in [0.29, 0.717) is 37.4 Å². The van der Waals surface area contributed by atoms with Crippen molar-refractivity contribution in [3.63, 3.8) is 0 Å². The van der Waals surface area contributed by atoms with Gasteiger partial charge in [0.05, 0.1) is 30.8 Å². The second-order valence-corrected chi connectivity index (χ2v) is 10.4. The van der Waals surface area contributed by atoms with Crippen molar-refractivity contribution in [1.82, 2.24) is 10.3 Å². The predicted molar refractivity (Wildman–Crippen MR) is 159 cm³/mol. The first-order chi connectivity index (χ1) is 20.6. The van der Waals surface area contributed by atoms with Gasteiger partial charge >= 0.3 is 0 Å². The predicted octanol–water partition coefficient (Wildman–Crippen LogP) is 7.02. The molecule has 1 aliphatic carbocycles. The smallest absolute Gasteiger partial charge is 0.252 e. The van der Waals surface area contributed by atoms with Crippen LogP contribution in [0.1, 0.15) is 69.5 Å². The van der Waals surface area contributed by atoms with Crippen molar-refractivity contribution in [1.29, 1.82) is 0 Å². The van der Waals surface area contributed by atoms with Crippen molar-refractivity contribution in [2.75, 3.05) is 13.2 Å². The number of carbonyl (C=O) groups excluding carboxylic acids is 2. The van der Waals surface area contributed by atoms with Crippen molar-refractivity contribution < 1.29 is 29.0 Å². The van der Waals surface area contributed by atoms with E-state index in [1.54, 1.807) is 18.2 Å². The van der Waals surface area contributed by atoms with Crippen LogP contribution in [0.25, 0.3) is 0 Å². The molecule has 10 nitrogen and oxygen atoms in total. The second kappa shape index (κ2) is 16.5. The van der Waals surface area contributed by atoms with Crippen LogP contribution in [-0.2, 0) is 28.8 Å². The summed E-state index contributed by atoms with van der Waals surface area (Å²) in [5, 5.41) is 23.2. The first kappa shape index (κ1) is 31.0. The topological polar surface area (TPSA) is 132 Å². The van der Waals surface area contributed by atoms with Crippen LogP contribution in [0.2, 0.25) is 0 Å². The molecule has 0 unspecified atom stereocenters. The molecular weight excluding hydrogens is 556 g/mol. The monoisotopic (exact) mass is 590 g/mol. The van der Waals surface area contributed by atoms with Gasteiger partial charge in [0.15, 0.2) is 11.6 Å². The van der Waals surface area contributed by atoms with E-state index in [1.807, 2.05) is 36.4 Å². The Bertz CT molecular complexity index is 1400. The molecule has 0 bridgehead atoms. The molecule has 0 radical (unpaired) electrons. The standard InChI is InChI=1S/C31H34N4O6S/c1-2-9-26-24-11-8-12-27(36)25(24)15-16-28(26)39-19-7-3-6-18-32-31(37)23-14-17-30(33-20-23)35-34-21-22-10-4-5-13-29(22)42-41-40-38/h2,4-5,10,13-17,20,38H,1,3,6-9,11-12,18-19,21H2,(H,32,37). The maximum atomic E-state index is 12.5. The summed E-state index contributed by atoms with van der Waals surface area (Å²) in [6.07, 6.45) is 8.98. The summed E-state index contributed by atoms with van der Waals surface area (Å²) in [6, 6.07) is 14.4. The fourth-order valence-electron chi connectivity index (χ4n) is 4.70. The summed E-state index contributed by atoms with van der Waals surface area (Å²) in [7, 11) is 0. The highest BCUT2D eigenvalue weighted by atomic mass is 32.2. The van der Waals surface area contributed by atoms with Crippen LogP contribution >= 0.6 is 12.0 Å². The third-order valence-corrected chi connectivity index (χ3v) is 7.49. The molecule has 1 aromatic heterocycles. The van der Waals surface area contributed by atoms with Crippen molar-refractivity contribution in [3.05, 3.63) is 95.2 Å². The Kier molecular flexibility index (Phi) is 12.2. The number of allylic oxidation sites excluding steroid dienone is 1. The molecule has 4 rings (SSSR count). The van der Waals surface area contributed by atoms with Gasteiger partial charge in [-0.05, 0) is 80.0 Å². The number of nitrogens with one attached hydrogen (secondary N) is 1. The normalized spacial score (nSPS) is 12.7. The average Bonchev–Trinajstić information content (AvgIpc) is 3.01. The number of aromatic nitrogens is 1. The molecule has 0 aliphatic heterocycles. The summed E-state index contributed by atoms with van der Waals surface area (Å²) >= 11 is 0.863. The third-order valence-electron chi connectivity index (χ3n) is 6.78. The van der Waals surface area contributed by atoms with Gasteiger partial charge in [-0.1, -0.05) is 29.3 Å². The Hall–Kier alpha value is -3.90. The van der Waals surface area contributed by atoms with Gasteiger partial charge in [0.2, 0.25) is 0 Å². The first-order valence-electron chi connectivity index (χ1n) is 13.9. The van der Waals surface area contributed by atoms with Crippen LogP contribution in [0.4, 0.5) is 5.82 Å². The number of pyridine rings is 1. The number of azo groups is 1. The summed E-state index contributed by atoms with van der Waals surface area (Å²) in [5.41, 5.74) is 4.29. The van der Waals surface area contributed by atoms with Gasteiger partial charge in [-0.3, -0.25) is 9.59 Å². The molecular formula is C31H34N4O6S. The molecule has 1 aliphatic rings. The van der Waals surface area contributed by atoms with Crippen LogP contribution in [-0.4, -0.2) is 35.1 Å². The fraction of sp³-hybridized carbons (Fsp3) is 0.323. The zero-order valence-corrected chi connectivity index (χ0v) is 24.1. The molecule has 0 atom stereocenters. The van der Waals surface area contributed by atoms with E-state index in [9.17, 15) is 9.59 Å². The molecule has 3 aromatic rings. The van der Waals surface area contributed by atoms with E-state index in [0.717, 1.165) is 77.0 Å². The summed E-state index contributed by atoms with van der Waals surface area (Å²) in [5.74, 6) is 1.23. The van der Waals surface area contributed by atoms with E-state index in [-0.39, 0.29) is 18.2 Å². The molecule has 2 aromatic carbocycles. The van der Waals surface area contributed by atoms with Crippen molar-refractivity contribution in [2.45, 2.75) is 56.4 Å². The second-order valence-electron chi connectivity index (χ2n) is 9.64. The number of Topliss-reactive ketones (excluding diaryl/α,β-unsaturated/α-hetero) is 1. The lowest BCUT2D eigenvalue weighted by Gasteiger charge is -2.21. The van der Waals surface area contributed by atoms with E-state index in [1.165, 1.54) is 6.20 Å². The zero-order valence-electron chi connectivity index (χ0n) is 23.3. The van der Waals surface area contributed by atoms with Gasteiger partial charge in [0.1, 0.15) is 5.75 Å². The van der Waals surface area contributed by atoms with Crippen molar-refractivity contribution in [3.8, 4) is 5.75 Å². The summed E-state index contributed by atoms with van der Waals surface area (Å²) < 4.78 is 10.6. The molecule has 2 N–H and O–H groups in total. The highest BCUT2D eigenvalue weighted by molar-refractivity contribution is 7.94. The van der Waals surface area contributed by atoms with Crippen LogP contribution in [0.3, 0.4) is 0 Å². The number of ether oxygens (including phenoxy) is 1. The molecule has 0 saturated carbocycles. The van der Waals surface area contributed by atoms with Crippen LogP contribution < -0.4 is 10.1 Å². The Balaban J connectivity index is 1.16. The highest BCUT2D eigenvalue weighted by Crippen LogP contribution is 2.32. The molecule has 1 amide bonds. The lowest BCUT2D eigenvalue weighted by Crippen LogP contribution is -2.24. The minimum absolute atomic E-state index is 0.197. The minimum Gasteiger partial charge on any atom is -0.493 e. The number of unbranched alkanes of at least 4 members (excludes halogenated alkanes) is 2. The number of amides is 1. The van der Waals surface area contributed by atoms with Crippen LogP contribution in [0, 0.1) is 0 Å². The minimum atomic E-state index is -0.197. The van der Waals surface area contributed by atoms with E-state index >= 15 is 0 Å². The van der Waals surface area contributed by atoms with Gasteiger partial charge in [-0.15, -0.1) is 16.0 Å². The molecule has 0 fully saturated rings. The molecule has 11 heteroatoms. The average molecular weight is 591 g/mol. The third kappa shape index (κ3) is 8.80. The number of fused-ring (bicyclic) bond motifs is 1. The fourth-order valence-corrected chi connectivity index (χ4v) is 5.18. The van der Waals surface area contributed by atoms with E-state index < -0.39 is 0 Å². The van der Waals surface area contributed by atoms with Crippen LogP contribution in [0.15, 0.2) is 82.5 Å². The lowest BCUT2D eigenvalue weighted by atomic mass is 9.86. The Morgan fingerprint density at radius 3 is 2.81 bits per heavy atom.